The first-order valence-electron chi connectivity index (χ1n) is 5.32. The fraction of sp³-hybridized carbons (Fsp3) is 0.364. The summed E-state index contributed by atoms with van der Waals surface area (Å²) in [5, 5.41) is 15.8. The summed E-state index contributed by atoms with van der Waals surface area (Å²) >= 11 is 0. The number of non-ortho nitro benzene ring substituents is 1. The summed E-state index contributed by atoms with van der Waals surface area (Å²) in [6.45, 7) is 2.91. The molecular formula is C11H13N3O2. The smallest absolute Gasteiger partial charge is 0.265 e. The van der Waals surface area contributed by atoms with Crippen LogP contribution in [0.3, 0.4) is 0 Å². The lowest BCUT2D eigenvalue weighted by molar-refractivity contribution is -0.384. The normalized spacial score (nSPS) is 10.8. The van der Waals surface area contributed by atoms with E-state index in [1.165, 1.54) is 6.07 Å². The number of nitro benzene ring substituents is 1. The molecular weight excluding hydrogens is 206 g/mol. The molecule has 0 aliphatic carbocycles. The Labute approximate surface area is 92.8 Å². The van der Waals surface area contributed by atoms with Crippen LogP contribution in [-0.2, 0) is 6.54 Å². The minimum Gasteiger partial charge on any atom is -0.265 e. The topological polar surface area (TPSA) is 61.0 Å². The van der Waals surface area contributed by atoms with Crippen molar-refractivity contribution in [1.82, 2.24) is 9.78 Å². The average Bonchev–Trinajstić information content (AvgIpc) is 2.68. The van der Waals surface area contributed by atoms with Crippen molar-refractivity contribution in [2.75, 3.05) is 0 Å². The number of hydrogen-bond donors (Lipinski definition) is 0. The van der Waals surface area contributed by atoms with Crippen molar-refractivity contribution in [2.24, 2.45) is 0 Å². The highest BCUT2D eigenvalue weighted by atomic mass is 16.6. The van der Waals surface area contributed by atoms with Gasteiger partial charge < -0.3 is 0 Å². The Morgan fingerprint density at radius 2 is 2.31 bits per heavy atom. The van der Waals surface area contributed by atoms with E-state index in [9.17, 15) is 10.1 Å². The van der Waals surface area contributed by atoms with Crippen LogP contribution in [0, 0.1) is 10.1 Å². The molecule has 1 aromatic carbocycles. The van der Waals surface area contributed by atoms with Gasteiger partial charge in [0.2, 0.25) is 0 Å². The molecule has 2 rings (SSSR count). The Morgan fingerprint density at radius 1 is 1.50 bits per heavy atom. The van der Waals surface area contributed by atoms with E-state index in [2.05, 4.69) is 12.0 Å². The maximum atomic E-state index is 10.7. The molecule has 5 heteroatoms. The van der Waals surface area contributed by atoms with Crippen LogP contribution in [0.2, 0.25) is 0 Å². The summed E-state index contributed by atoms with van der Waals surface area (Å²) in [6, 6.07) is 4.83. The molecule has 1 heterocycles. The number of rotatable bonds is 4. The third-order valence-corrected chi connectivity index (χ3v) is 2.56. The van der Waals surface area contributed by atoms with Gasteiger partial charge in [-0.2, -0.15) is 5.10 Å². The molecule has 2 aromatic rings. The Bertz CT molecular complexity index is 519. The van der Waals surface area contributed by atoms with Crippen LogP contribution < -0.4 is 0 Å². The molecule has 0 saturated carbocycles. The number of aromatic nitrogens is 2. The lowest BCUT2D eigenvalue weighted by Gasteiger charge is -2.01. The van der Waals surface area contributed by atoms with Gasteiger partial charge in [0.1, 0.15) is 0 Å². The molecule has 0 aliphatic heterocycles. The SMILES string of the molecule is CCCCn1ncc2ccc([N+](=O)[O-])cc21. The second kappa shape index (κ2) is 4.30. The van der Waals surface area contributed by atoms with Crippen molar-refractivity contribution in [2.45, 2.75) is 26.3 Å². The molecule has 0 radical (unpaired) electrons. The fourth-order valence-electron chi connectivity index (χ4n) is 1.66. The van der Waals surface area contributed by atoms with Crippen LogP contribution in [0.25, 0.3) is 10.9 Å². The first-order valence-corrected chi connectivity index (χ1v) is 5.32. The first-order chi connectivity index (χ1) is 7.72. The molecule has 16 heavy (non-hydrogen) atoms. The number of benzene rings is 1. The van der Waals surface area contributed by atoms with Crippen LogP contribution in [0.1, 0.15) is 19.8 Å². The average molecular weight is 219 g/mol. The van der Waals surface area contributed by atoms with Gasteiger partial charge in [-0.1, -0.05) is 13.3 Å². The summed E-state index contributed by atoms with van der Waals surface area (Å²) in [7, 11) is 0. The molecule has 5 nitrogen and oxygen atoms in total. The Kier molecular flexibility index (Phi) is 2.85. The van der Waals surface area contributed by atoms with Gasteiger partial charge in [-0.05, 0) is 12.5 Å². The first kappa shape index (κ1) is 10.6. The van der Waals surface area contributed by atoms with Gasteiger partial charge in [-0.3, -0.25) is 14.8 Å². The maximum Gasteiger partial charge on any atom is 0.271 e. The predicted octanol–water partition coefficient (Wildman–Crippen LogP) is 2.74. The predicted molar refractivity (Wildman–Crippen MR) is 61.3 cm³/mol. The number of nitrogens with zero attached hydrogens (tertiary/aromatic N) is 3. The molecule has 0 N–H and O–H groups in total. The van der Waals surface area contributed by atoms with Crippen molar-refractivity contribution in [1.29, 1.82) is 0 Å². The minimum absolute atomic E-state index is 0.116. The Morgan fingerprint density at radius 3 is 3.00 bits per heavy atom. The summed E-state index contributed by atoms with van der Waals surface area (Å²) in [5.41, 5.74) is 0.952. The molecule has 84 valence electrons. The van der Waals surface area contributed by atoms with E-state index in [-0.39, 0.29) is 10.6 Å². The van der Waals surface area contributed by atoms with Gasteiger partial charge in [-0.15, -0.1) is 0 Å². The second-order valence-electron chi connectivity index (χ2n) is 3.72. The Hall–Kier alpha value is -1.91. The third-order valence-electron chi connectivity index (χ3n) is 2.56. The third kappa shape index (κ3) is 1.88. The summed E-state index contributed by atoms with van der Waals surface area (Å²) < 4.78 is 1.83. The van der Waals surface area contributed by atoms with E-state index in [1.807, 2.05) is 4.68 Å². The molecule has 0 unspecified atom stereocenters. The molecule has 0 saturated heterocycles. The number of aryl methyl sites for hydroxylation is 1. The number of hydrogen-bond acceptors (Lipinski definition) is 3. The van der Waals surface area contributed by atoms with Crippen molar-refractivity contribution in [3.8, 4) is 0 Å². The van der Waals surface area contributed by atoms with Gasteiger partial charge in [0.25, 0.3) is 5.69 Å². The number of fused-ring (bicyclic) bond motifs is 1. The highest BCUT2D eigenvalue weighted by molar-refractivity contribution is 5.80. The summed E-state index contributed by atoms with van der Waals surface area (Å²) in [5.74, 6) is 0. The molecule has 0 spiro atoms. The lowest BCUT2D eigenvalue weighted by atomic mass is 10.2. The van der Waals surface area contributed by atoms with E-state index in [4.69, 9.17) is 0 Å². The van der Waals surface area contributed by atoms with Gasteiger partial charge in [0.15, 0.2) is 0 Å². The van der Waals surface area contributed by atoms with Gasteiger partial charge in [0, 0.05) is 24.1 Å². The standard InChI is InChI=1S/C11H13N3O2/c1-2-3-6-13-11-7-10(14(15)16)5-4-9(11)8-12-13/h4-5,7-8H,2-3,6H2,1H3. The van der Waals surface area contributed by atoms with Crippen molar-refractivity contribution < 1.29 is 4.92 Å². The highest BCUT2D eigenvalue weighted by Gasteiger charge is 2.09. The van der Waals surface area contributed by atoms with Gasteiger partial charge in [-0.25, -0.2) is 0 Å². The summed E-state index contributed by atoms with van der Waals surface area (Å²) in [6.07, 6.45) is 3.85. The largest absolute Gasteiger partial charge is 0.271 e. The quantitative estimate of drug-likeness (QED) is 0.586. The number of unbranched alkanes of at least 4 members (excludes halogenated alkanes) is 1. The fourth-order valence-corrected chi connectivity index (χ4v) is 1.66. The van der Waals surface area contributed by atoms with Crippen molar-refractivity contribution in [3.63, 3.8) is 0 Å². The molecule has 1 aromatic heterocycles. The van der Waals surface area contributed by atoms with Gasteiger partial charge in [0.05, 0.1) is 16.6 Å². The van der Waals surface area contributed by atoms with E-state index >= 15 is 0 Å². The second-order valence-corrected chi connectivity index (χ2v) is 3.72. The zero-order chi connectivity index (χ0) is 11.5. The van der Waals surface area contributed by atoms with Crippen LogP contribution in [0.5, 0.6) is 0 Å². The van der Waals surface area contributed by atoms with E-state index in [0.717, 1.165) is 30.3 Å². The summed E-state index contributed by atoms with van der Waals surface area (Å²) in [4.78, 5) is 10.3. The van der Waals surface area contributed by atoms with Crippen LogP contribution in [-0.4, -0.2) is 14.7 Å². The van der Waals surface area contributed by atoms with E-state index in [0.29, 0.717) is 0 Å². The van der Waals surface area contributed by atoms with E-state index in [1.54, 1.807) is 18.3 Å². The zero-order valence-corrected chi connectivity index (χ0v) is 9.09. The minimum atomic E-state index is -0.378. The monoisotopic (exact) mass is 219 g/mol. The van der Waals surface area contributed by atoms with Crippen LogP contribution in [0.4, 0.5) is 5.69 Å². The molecule has 0 fully saturated rings. The number of nitro groups is 1. The van der Waals surface area contributed by atoms with Gasteiger partial charge >= 0.3 is 0 Å². The zero-order valence-electron chi connectivity index (χ0n) is 9.09. The van der Waals surface area contributed by atoms with E-state index < -0.39 is 0 Å². The molecule has 0 amide bonds. The Balaban J connectivity index is 2.43. The lowest BCUT2D eigenvalue weighted by Crippen LogP contribution is -1.99. The van der Waals surface area contributed by atoms with Crippen molar-refractivity contribution >= 4 is 16.6 Å². The highest BCUT2D eigenvalue weighted by Crippen LogP contribution is 2.20. The van der Waals surface area contributed by atoms with Crippen LogP contribution in [0.15, 0.2) is 24.4 Å². The van der Waals surface area contributed by atoms with Crippen LogP contribution >= 0.6 is 0 Å². The molecule has 0 aliphatic rings. The maximum absolute atomic E-state index is 10.7. The molecule has 0 bridgehead atoms. The molecule has 0 atom stereocenters. The van der Waals surface area contributed by atoms with Crippen molar-refractivity contribution in [3.05, 3.63) is 34.5 Å².